The van der Waals surface area contributed by atoms with E-state index in [4.69, 9.17) is 5.10 Å². The molecule has 0 spiro atoms. The number of hydrogen-bond acceptors (Lipinski definition) is 5. The first-order valence-corrected chi connectivity index (χ1v) is 11.5. The number of aromatic nitrogens is 2. The van der Waals surface area contributed by atoms with Gasteiger partial charge in [-0.1, -0.05) is 30.3 Å². The molecule has 0 N–H and O–H groups in total. The van der Waals surface area contributed by atoms with E-state index in [0.717, 1.165) is 49.3 Å². The molecule has 0 saturated carbocycles. The van der Waals surface area contributed by atoms with Gasteiger partial charge < -0.3 is 0 Å². The van der Waals surface area contributed by atoms with Crippen LogP contribution in [0, 0.1) is 11.3 Å². The van der Waals surface area contributed by atoms with E-state index in [1.54, 1.807) is 0 Å². The molecule has 1 aliphatic heterocycles. The molecule has 4 rings (SSSR count). The summed E-state index contributed by atoms with van der Waals surface area (Å²) in [6.07, 6.45) is 5.93. The lowest BCUT2D eigenvalue weighted by molar-refractivity contribution is 0.268. The molecule has 0 unspecified atom stereocenters. The van der Waals surface area contributed by atoms with Crippen molar-refractivity contribution >= 4 is 50.8 Å². The first-order chi connectivity index (χ1) is 14.4. The minimum absolute atomic E-state index is 0.168. The molecule has 0 radical (unpaired) electrons. The Bertz CT molecular complexity index is 1250. The van der Waals surface area contributed by atoms with Crippen LogP contribution in [0.1, 0.15) is 30.5 Å². The highest BCUT2D eigenvalue weighted by molar-refractivity contribution is 8.24. The zero-order valence-corrected chi connectivity index (χ0v) is 18.5. The molecule has 0 atom stereocenters. The van der Waals surface area contributed by atoms with Crippen molar-refractivity contribution in [2.75, 3.05) is 6.26 Å². The van der Waals surface area contributed by atoms with Gasteiger partial charge in [0.15, 0.2) is 0 Å². The molecular formula is C23H20N4OS2. The van der Waals surface area contributed by atoms with E-state index in [0.29, 0.717) is 6.54 Å². The molecule has 1 aliphatic rings. The van der Waals surface area contributed by atoms with Gasteiger partial charge in [0.1, 0.15) is 5.04 Å². The number of nitriles is 1. The van der Waals surface area contributed by atoms with Gasteiger partial charge in [0.25, 0.3) is 0 Å². The third-order valence-electron chi connectivity index (χ3n) is 4.97. The summed E-state index contributed by atoms with van der Waals surface area (Å²) in [7, 11) is 0. The maximum atomic E-state index is 11.6. The van der Waals surface area contributed by atoms with E-state index in [2.05, 4.69) is 17.1 Å². The molecule has 0 fully saturated rings. The second kappa shape index (κ2) is 8.13. The van der Waals surface area contributed by atoms with E-state index in [9.17, 15) is 10.1 Å². The van der Waals surface area contributed by atoms with Crippen LogP contribution in [0.4, 0.5) is 4.79 Å². The third kappa shape index (κ3) is 4.07. The molecule has 0 aliphatic carbocycles. The fraction of sp³-hybridized carbons (Fsp3) is 0.217. The molecule has 0 saturated heterocycles. The molecular weight excluding hydrogens is 412 g/mol. The average Bonchev–Trinajstić information content (AvgIpc) is 3.29. The summed E-state index contributed by atoms with van der Waals surface area (Å²) in [4.78, 5) is 16.5. The highest BCUT2D eigenvalue weighted by Gasteiger charge is 2.23. The summed E-state index contributed by atoms with van der Waals surface area (Å²) >= 11 is 2.64. The van der Waals surface area contributed by atoms with Gasteiger partial charge in [0.2, 0.25) is 0 Å². The summed E-state index contributed by atoms with van der Waals surface area (Å²) < 4.78 is 1.91. The van der Waals surface area contributed by atoms with E-state index in [1.165, 1.54) is 11.8 Å². The van der Waals surface area contributed by atoms with Crippen LogP contribution >= 0.6 is 23.5 Å². The van der Waals surface area contributed by atoms with Crippen LogP contribution in [0.15, 0.2) is 58.6 Å². The fourth-order valence-corrected chi connectivity index (χ4v) is 4.98. The topological polar surface area (TPSA) is 71.0 Å². The molecule has 2 heterocycles. The number of rotatable bonds is 4. The molecule has 30 heavy (non-hydrogen) atoms. The Balaban J connectivity index is 1.64. The zero-order valence-electron chi connectivity index (χ0n) is 16.9. The lowest BCUT2D eigenvalue weighted by Gasteiger charge is -2.20. The number of benzene rings is 2. The Morgan fingerprint density at radius 2 is 2.07 bits per heavy atom. The molecule has 5 nitrogen and oxygen atoms in total. The van der Waals surface area contributed by atoms with Gasteiger partial charge in [-0.05, 0) is 66.8 Å². The molecule has 150 valence electrons. The Morgan fingerprint density at radius 1 is 1.27 bits per heavy atom. The molecule has 1 amide bonds. The zero-order chi connectivity index (χ0) is 21.3. The fourth-order valence-electron chi connectivity index (χ4n) is 3.46. The quantitative estimate of drug-likeness (QED) is 0.517. The standard InChI is InChI=1S/C23H20N4OS2/c1-23(2,14-24)18-7-5-4-6-16(18)12-27-13-17-10-15(8-9-19(17)26-27)11-20-21(29-3)25-22(28)30-20/h4-11,13H,12H2,1-3H3/b20-11-. The van der Waals surface area contributed by atoms with Crippen LogP contribution in [0.3, 0.4) is 0 Å². The van der Waals surface area contributed by atoms with Crippen molar-refractivity contribution in [3.63, 3.8) is 0 Å². The van der Waals surface area contributed by atoms with Crippen LogP contribution in [0.5, 0.6) is 0 Å². The van der Waals surface area contributed by atoms with Crippen molar-refractivity contribution in [1.29, 1.82) is 5.26 Å². The lowest BCUT2D eigenvalue weighted by atomic mass is 9.83. The summed E-state index contributed by atoms with van der Waals surface area (Å²) in [6.45, 7) is 4.46. The number of hydrogen-bond donors (Lipinski definition) is 0. The highest BCUT2D eigenvalue weighted by Crippen LogP contribution is 2.33. The van der Waals surface area contributed by atoms with Gasteiger partial charge in [0.05, 0.1) is 28.5 Å². The number of thioether (sulfide) groups is 2. The minimum atomic E-state index is -0.560. The minimum Gasteiger partial charge on any atom is -0.267 e. The Hall–Kier alpha value is -2.82. The Morgan fingerprint density at radius 3 is 2.83 bits per heavy atom. The summed E-state index contributed by atoms with van der Waals surface area (Å²) in [6, 6.07) is 16.5. The molecule has 2 aromatic carbocycles. The van der Waals surface area contributed by atoms with E-state index >= 15 is 0 Å². The monoisotopic (exact) mass is 432 g/mol. The predicted octanol–water partition coefficient (Wildman–Crippen LogP) is 5.85. The van der Waals surface area contributed by atoms with Gasteiger partial charge >= 0.3 is 5.24 Å². The van der Waals surface area contributed by atoms with Crippen molar-refractivity contribution in [2.45, 2.75) is 25.8 Å². The van der Waals surface area contributed by atoms with Gasteiger partial charge in [-0.2, -0.15) is 15.4 Å². The Kier molecular flexibility index (Phi) is 5.54. The van der Waals surface area contributed by atoms with Gasteiger partial charge in [-0.15, -0.1) is 11.8 Å². The van der Waals surface area contributed by atoms with E-state index in [-0.39, 0.29) is 5.24 Å². The first kappa shape index (κ1) is 20.5. The summed E-state index contributed by atoms with van der Waals surface area (Å²) in [5.74, 6) is 0. The van der Waals surface area contributed by atoms with Crippen LogP contribution in [0.2, 0.25) is 0 Å². The Labute approximate surface area is 183 Å². The molecule has 3 aromatic rings. The smallest absolute Gasteiger partial charge is 0.267 e. The van der Waals surface area contributed by atoms with Crippen molar-refractivity contribution in [3.05, 3.63) is 70.3 Å². The van der Waals surface area contributed by atoms with Crippen LogP contribution in [-0.2, 0) is 12.0 Å². The van der Waals surface area contributed by atoms with Crippen LogP contribution in [-0.4, -0.2) is 26.3 Å². The van der Waals surface area contributed by atoms with Crippen molar-refractivity contribution < 1.29 is 4.79 Å². The largest absolute Gasteiger partial charge is 0.310 e. The van der Waals surface area contributed by atoms with Crippen LogP contribution < -0.4 is 0 Å². The first-order valence-electron chi connectivity index (χ1n) is 9.43. The number of aliphatic imine (C=N–C) groups is 1. The predicted molar refractivity (Wildman–Crippen MR) is 126 cm³/mol. The molecule has 1 aromatic heterocycles. The van der Waals surface area contributed by atoms with Crippen molar-refractivity contribution in [2.24, 2.45) is 4.99 Å². The van der Waals surface area contributed by atoms with Gasteiger partial charge in [-0.3, -0.25) is 9.48 Å². The van der Waals surface area contributed by atoms with E-state index < -0.39 is 5.41 Å². The highest BCUT2D eigenvalue weighted by atomic mass is 32.2. The van der Waals surface area contributed by atoms with Crippen molar-refractivity contribution in [3.8, 4) is 6.07 Å². The molecule has 0 bridgehead atoms. The summed E-state index contributed by atoms with van der Waals surface area (Å²) in [5, 5.41) is 15.9. The second-order valence-electron chi connectivity index (χ2n) is 7.54. The lowest BCUT2D eigenvalue weighted by Crippen LogP contribution is -2.17. The number of fused-ring (bicyclic) bond motifs is 1. The average molecular weight is 433 g/mol. The van der Waals surface area contributed by atoms with E-state index in [1.807, 2.05) is 73.5 Å². The van der Waals surface area contributed by atoms with Gasteiger partial charge in [-0.25, -0.2) is 0 Å². The number of nitrogens with zero attached hydrogens (tertiary/aromatic N) is 4. The van der Waals surface area contributed by atoms with Gasteiger partial charge in [0, 0.05) is 11.6 Å². The normalized spacial score (nSPS) is 15.6. The number of carbonyl (C=O) groups is 1. The number of amides is 1. The van der Waals surface area contributed by atoms with Crippen LogP contribution in [0.25, 0.3) is 17.0 Å². The number of carbonyl (C=O) groups excluding carboxylic acids is 1. The SMILES string of the molecule is CSC1=NC(=O)S/C1=C\c1ccc2nn(Cc3ccccc3C(C)(C)C#N)cc2c1. The second-order valence-corrected chi connectivity index (χ2v) is 9.32. The maximum absolute atomic E-state index is 11.6. The summed E-state index contributed by atoms with van der Waals surface area (Å²) in [5.41, 5.74) is 3.45. The van der Waals surface area contributed by atoms with Crippen molar-refractivity contribution in [1.82, 2.24) is 9.78 Å². The third-order valence-corrected chi connectivity index (χ3v) is 6.59. The molecule has 7 heteroatoms. The maximum Gasteiger partial charge on any atom is 0.310 e.